The summed E-state index contributed by atoms with van der Waals surface area (Å²) in [4.78, 5) is 0. The zero-order chi connectivity index (χ0) is 14.4. The Morgan fingerprint density at radius 2 is 1.16 bits per heavy atom. The average molecular weight is 292 g/mol. The van der Waals surface area contributed by atoms with E-state index < -0.39 is 10.1 Å². The van der Waals surface area contributed by atoms with E-state index in [0.29, 0.717) is 6.61 Å². The fraction of sp³-hybridized carbons (Fsp3) is 1.00. The van der Waals surface area contributed by atoms with Crippen LogP contribution in [0.4, 0.5) is 0 Å². The maximum absolute atomic E-state index is 11.6. The third kappa shape index (κ3) is 14.1. The molecular weight excluding hydrogens is 260 g/mol. The van der Waals surface area contributed by atoms with E-state index in [-0.39, 0.29) is 5.75 Å². The van der Waals surface area contributed by atoms with Crippen LogP contribution in [-0.4, -0.2) is 20.8 Å². The SMILES string of the molecule is CCCCCCCCOS(=O)(=O)CCCCCCC. The second-order valence-electron chi connectivity index (χ2n) is 5.27. The molecule has 0 aliphatic rings. The van der Waals surface area contributed by atoms with Crippen LogP contribution in [0.15, 0.2) is 0 Å². The third-order valence-corrected chi connectivity index (χ3v) is 4.57. The second-order valence-corrected chi connectivity index (χ2v) is 7.03. The zero-order valence-electron chi connectivity index (χ0n) is 12.8. The lowest BCUT2D eigenvalue weighted by Gasteiger charge is -2.05. The first-order valence-corrected chi connectivity index (χ1v) is 9.57. The first-order valence-electron chi connectivity index (χ1n) is 7.99. The molecule has 0 radical (unpaired) electrons. The van der Waals surface area contributed by atoms with Crippen molar-refractivity contribution in [1.29, 1.82) is 0 Å². The van der Waals surface area contributed by atoms with Gasteiger partial charge in [-0.15, -0.1) is 0 Å². The minimum absolute atomic E-state index is 0.187. The lowest BCUT2D eigenvalue weighted by Crippen LogP contribution is -2.11. The molecule has 0 aliphatic carbocycles. The predicted octanol–water partition coefficient (Wildman–Crippen LogP) is 4.66. The van der Waals surface area contributed by atoms with Crippen LogP contribution in [-0.2, 0) is 14.3 Å². The summed E-state index contributed by atoms with van der Waals surface area (Å²) in [6, 6.07) is 0. The summed E-state index contributed by atoms with van der Waals surface area (Å²) in [6.07, 6.45) is 12.1. The van der Waals surface area contributed by atoms with E-state index in [9.17, 15) is 8.42 Å². The summed E-state index contributed by atoms with van der Waals surface area (Å²) in [5, 5.41) is 0. The Hall–Kier alpha value is -0.0900. The Kier molecular flexibility index (Phi) is 12.9. The van der Waals surface area contributed by atoms with Gasteiger partial charge < -0.3 is 0 Å². The summed E-state index contributed by atoms with van der Waals surface area (Å²) in [5.74, 6) is 0.187. The van der Waals surface area contributed by atoms with E-state index in [1.165, 1.54) is 38.5 Å². The standard InChI is InChI=1S/C15H32O3S/c1-3-5-7-9-10-12-14-18-19(16,17)15-13-11-8-6-4-2/h3-15H2,1-2H3. The first kappa shape index (κ1) is 18.9. The van der Waals surface area contributed by atoms with Crippen molar-refractivity contribution in [3.63, 3.8) is 0 Å². The van der Waals surface area contributed by atoms with Crippen molar-refractivity contribution in [2.24, 2.45) is 0 Å². The maximum atomic E-state index is 11.6. The summed E-state index contributed by atoms with van der Waals surface area (Å²) >= 11 is 0. The van der Waals surface area contributed by atoms with Crippen LogP contribution in [0, 0.1) is 0 Å². The van der Waals surface area contributed by atoms with Gasteiger partial charge in [-0.25, -0.2) is 0 Å². The molecule has 0 aromatic rings. The highest BCUT2D eigenvalue weighted by molar-refractivity contribution is 7.86. The van der Waals surface area contributed by atoms with Crippen molar-refractivity contribution < 1.29 is 12.6 Å². The van der Waals surface area contributed by atoms with E-state index in [2.05, 4.69) is 13.8 Å². The largest absolute Gasteiger partial charge is 0.270 e. The molecule has 0 rings (SSSR count). The number of hydrogen-bond donors (Lipinski definition) is 0. The highest BCUT2D eigenvalue weighted by Gasteiger charge is 2.10. The van der Waals surface area contributed by atoms with E-state index in [1.54, 1.807) is 0 Å². The molecular formula is C15H32O3S. The van der Waals surface area contributed by atoms with Crippen LogP contribution in [0.25, 0.3) is 0 Å². The van der Waals surface area contributed by atoms with Crippen molar-refractivity contribution in [2.75, 3.05) is 12.4 Å². The average Bonchev–Trinajstić information content (AvgIpc) is 2.37. The Balaban J connectivity index is 3.41. The molecule has 0 saturated carbocycles. The minimum Gasteiger partial charge on any atom is -0.270 e. The van der Waals surface area contributed by atoms with Gasteiger partial charge in [0.1, 0.15) is 0 Å². The first-order chi connectivity index (χ1) is 9.12. The van der Waals surface area contributed by atoms with Gasteiger partial charge in [-0.3, -0.25) is 4.18 Å². The van der Waals surface area contributed by atoms with Gasteiger partial charge >= 0.3 is 0 Å². The third-order valence-electron chi connectivity index (χ3n) is 3.26. The molecule has 0 aromatic carbocycles. The summed E-state index contributed by atoms with van der Waals surface area (Å²) in [6.45, 7) is 4.71. The lowest BCUT2D eigenvalue weighted by molar-refractivity contribution is 0.305. The van der Waals surface area contributed by atoms with Crippen LogP contribution in [0.5, 0.6) is 0 Å². The van der Waals surface area contributed by atoms with Crippen LogP contribution in [0.2, 0.25) is 0 Å². The van der Waals surface area contributed by atoms with Crippen LogP contribution >= 0.6 is 0 Å². The Labute approximate surface area is 120 Å². The van der Waals surface area contributed by atoms with E-state index in [4.69, 9.17) is 4.18 Å². The van der Waals surface area contributed by atoms with Crippen molar-refractivity contribution in [3.8, 4) is 0 Å². The zero-order valence-corrected chi connectivity index (χ0v) is 13.6. The molecule has 116 valence electrons. The number of unbranched alkanes of at least 4 members (excludes halogenated alkanes) is 9. The highest BCUT2D eigenvalue weighted by atomic mass is 32.2. The molecule has 0 atom stereocenters. The van der Waals surface area contributed by atoms with Gasteiger partial charge in [0.15, 0.2) is 0 Å². The summed E-state index contributed by atoms with van der Waals surface area (Å²) in [5.41, 5.74) is 0. The smallest absolute Gasteiger partial charge is 0.267 e. The van der Waals surface area contributed by atoms with E-state index in [1.807, 2.05) is 0 Å². The van der Waals surface area contributed by atoms with E-state index >= 15 is 0 Å². The van der Waals surface area contributed by atoms with Crippen LogP contribution in [0.3, 0.4) is 0 Å². The Morgan fingerprint density at radius 3 is 1.74 bits per heavy atom. The molecule has 4 heteroatoms. The normalized spacial score (nSPS) is 11.9. The van der Waals surface area contributed by atoms with Crippen molar-refractivity contribution in [3.05, 3.63) is 0 Å². The molecule has 0 amide bonds. The van der Waals surface area contributed by atoms with Crippen molar-refractivity contribution >= 4 is 10.1 Å². The molecule has 0 unspecified atom stereocenters. The van der Waals surface area contributed by atoms with Crippen LogP contribution in [0.1, 0.15) is 84.5 Å². The van der Waals surface area contributed by atoms with Gasteiger partial charge in [0.2, 0.25) is 0 Å². The quantitative estimate of drug-likeness (QED) is 0.345. The Bertz CT molecular complexity index is 273. The minimum atomic E-state index is -3.27. The van der Waals surface area contributed by atoms with Gasteiger partial charge in [-0.2, -0.15) is 8.42 Å². The number of hydrogen-bond acceptors (Lipinski definition) is 3. The van der Waals surface area contributed by atoms with Crippen molar-refractivity contribution in [2.45, 2.75) is 84.5 Å². The topological polar surface area (TPSA) is 43.4 Å². The Morgan fingerprint density at radius 1 is 0.684 bits per heavy atom. The molecule has 0 aromatic heterocycles. The van der Waals surface area contributed by atoms with Gasteiger partial charge in [-0.05, 0) is 12.8 Å². The lowest BCUT2D eigenvalue weighted by atomic mass is 10.1. The fourth-order valence-corrected chi connectivity index (χ4v) is 3.06. The van der Waals surface area contributed by atoms with Crippen LogP contribution < -0.4 is 0 Å². The predicted molar refractivity (Wildman–Crippen MR) is 81.9 cm³/mol. The molecule has 0 aliphatic heterocycles. The van der Waals surface area contributed by atoms with Gasteiger partial charge in [0, 0.05) is 0 Å². The van der Waals surface area contributed by atoms with Gasteiger partial charge in [0.05, 0.1) is 12.4 Å². The summed E-state index contributed by atoms with van der Waals surface area (Å²) < 4.78 is 28.2. The van der Waals surface area contributed by atoms with Crippen molar-refractivity contribution in [1.82, 2.24) is 0 Å². The maximum Gasteiger partial charge on any atom is 0.267 e. The molecule has 0 fully saturated rings. The summed E-state index contributed by atoms with van der Waals surface area (Å²) in [7, 11) is -3.27. The molecule has 3 nitrogen and oxygen atoms in total. The molecule has 0 N–H and O–H groups in total. The molecule has 0 heterocycles. The van der Waals surface area contributed by atoms with E-state index in [0.717, 1.165) is 32.1 Å². The monoisotopic (exact) mass is 292 g/mol. The molecule has 19 heavy (non-hydrogen) atoms. The molecule has 0 spiro atoms. The molecule has 0 saturated heterocycles. The second kappa shape index (κ2) is 12.9. The fourth-order valence-electron chi connectivity index (χ4n) is 2.01. The molecule has 0 bridgehead atoms. The van der Waals surface area contributed by atoms with Gasteiger partial charge in [0.25, 0.3) is 10.1 Å². The number of rotatable bonds is 14. The van der Waals surface area contributed by atoms with Gasteiger partial charge in [-0.1, -0.05) is 71.6 Å². The highest BCUT2D eigenvalue weighted by Crippen LogP contribution is 2.08.